The van der Waals surface area contributed by atoms with Crippen LogP contribution in [0.4, 0.5) is 0 Å². The van der Waals surface area contributed by atoms with Crippen molar-refractivity contribution in [3.05, 3.63) is 29.3 Å². The van der Waals surface area contributed by atoms with Crippen LogP contribution in [-0.2, 0) is 0 Å². The maximum Gasteiger partial charge on any atom is 0.116 e. The molecule has 1 rings (SSSR count). The van der Waals surface area contributed by atoms with Crippen molar-refractivity contribution >= 4 is 0 Å². The number of aryl methyl sites for hydroxylation is 1. The van der Waals surface area contributed by atoms with Gasteiger partial charge in [-0.2, -0.15) is 0 Å². The second kappa shape index (κ2) is 5.04. The Kier molecular flexibility index (Phi) is 3.99. The minimum atomic E-state index is 0.398. The third-order valence-corrected chi connectivity index (χ3v) is 2.69. The Morgan fingerprint density at radius 3 is 2.43 bits per heavy atom. The molecule has 1 unspecified atom stereocenters. The Morgan fingerprint density at radius 2 is 1.93 bits per heavy atom. The van der Waals surface area contributed by atoms with E-state index < -0.39 is 0 Å². The molecule has 0 amide bonds. The highest BCUT2D eigenvalue weighted by Gasteiger charge is 2.09. The van der Waals surface area contributed by atoms with Crippen molar-refractivity contribution in [1.82, 2.24) is 0 Å². The summed E-state index contributed by atoms with van der Waals surface area (Å²) < 4.78 is 0. The standard InChI is InChI=1S/C13H20O/c1-4-6-11(5-2)12-7-10(3)8-13(14)9-12/h7-9,11,14H,4-6H2,1-3H3. The van der Waals surface area contributed by atoms with E-state index >= 15 is 0 Å². The first kappa shape index (κ1) is 11.1. The summed E-state index contributed by atoms with van der Waals surface area (Å²) in [5, 5.41) is 9.51. The molecule has 0 radical (unpaired) electrons. The normalized spacial score (nSPS) is 12.8. The van der Waals surface area contributed by atoms with Crippen molar-refractivity contribution in [2.75, 3.05) is 0 Å². The lowest BCUT2D eigenvalue weighted by Crippen LogP contribution is -1.97. The highest BCUT2D eigenvalue weighted by molar-refractivity contribution is 5.34. The Hall–Kier alpha value is -0.980. The SMILES string of the molecule is CCCC(CC)c1cc(C)cc(O)c1. The summed E-state index contributed by atoms with van der Waals surface area (Å²) >= 11 is 0. The van der Waals surface area contributed by atoms with Crippen molar-refractivity contribution in [1.29, 1.82) is 0 Å². The van der Waals surface area contributed by atoms with Crippen LogP contribution in [0.3, 0.4) is 0 Å². The average molecular weight is 192 g/mol. The zero-order valence-corrected chi connectivity index (χ0v) is 9.38. The van der Waals surface area contributed by atoms with E-state index in [0.29, 0.717) is 11.7 Å². The number of aromatic hydroxyl groups is 1. The third-order valence-electron chi connectivity index (χ3n) is 2.69. The molecular formula is C13H20O. The maximum atomic E-state index is 9.51. The maximum absolute atomic E-state index is 9.51. The lowest BCUT2D eigenvalue weighted by molar-refractivity contribution is 0.472. The van der Waals surface area contributed by atoms with Crippen molar-refractivity contribution < 1.29 is 5.11 Å². The van der Waals surface area contributed by atoms with E-state index in [4.69, 9.17) is 0 Å². The molecule has 0 fully saturated rings. The fourth-order valence-electron chi connectivity index (χ4n) is 1.98. The van der Waals surface area contributed by atoms with Crippen LogP contribution in [0.1, 0.15) is 50.2 Å². The van der Waals surface area contributed by atoms with Crippen molar-refractivity contribution in [3.63, 3.8) is 0 Å². The molecule has 0 heterocycles. The van der Waals surface area contributed by atoms with Gasteiger partial charge >= 0.3 is 0 Å². The lowest BCUT2D eigenvalue weighted by atomic mass is 9.91. The molecule has 78 valence electrons. The van der Waals surface area contributed by atoms with Crippen LogP contribution < -0.4 is 0 Å². The van der Waals surface area contributed by atoms with Crippen LogP contribution in [0.25, 0.3) is 0 Å². The van der Waals surface area contributed by atoms with Gasteiger partial charge in [-0.05, 0) is 48.9 Å². The Balaban J connectivity index is 2.91. The van der Waals surface area contributed by atoms with E-state index in [1.54, 1.807) is 0 Å². The van der Waals surface area contributed by atoms with E-state index in [0.717, 1.165) is 12.0 Å². The van der Waals surface area contributed by atoms with Crippen LogP contribution in [0, 0.1) is 6.92 Å². The molecular weight excluding hydrogens is 172 g/mol. The van der Waals surface area contributed by atoms with E-state index in [1.807, 2.05) is 19.1 Å². The van der Waals surface area contributed by atoms with Gasteiger partial charge in [0.2, 0.25) is 0 Å². The van der Waals surface area contributed by atoms with Crippen molar-refractivity contribution in [3.8, 4) is 5.75 Å². The van der Waals surface area contributed by atoms with E-state index in [2.05, 4.69) is 19.9 Å². The molecule has 14 heavy (non-hydrogen) atoms. The molecule has 0 spiro atoms. The number of hydrogen-bond donors (Lipinski definition) is 1. The van der Waals surface area contributed by atoms with Gasteiger partial charge in [0.15, 0.2) is 0 Å². The number of phenols is 1. The fraction of sp³-hybridized carbons (Fsp3) is 0.538. The molecule has 1 heteroatoms. The molecule has 1 aromatic rings. The smallest absolute Gasteiger partial charge is 0.116 e. The van der Waals surface area contributed by atoms with Crippen molar-refractivity contribution in [2.45, 2.75) is 46.0 Å². The van der Waals surface area contributed by atoms with Gasteiger partial charge < -0.3 is 5.11 Å². The fourth-order valence-corrected chi connectivity index (χ4v) is 1.98. The monoisotopic (exact) mass is 192 g/mol. The van der Waals surface area contributed by atoms with E-state index in [-0.39, 0.29) is 0 Å². The zero-order valence-electron chi connectivity index (χ0n) is 9.38. The average Bonchev–Trinajstić information content (AvgIpc) is 2.12. The first-order valence-electron chi connectivity index (χ1n) is 5.48. The minimum absolute atomic E-state index is 0.398. The topological polar surface area (TPSA) is 20.2 Å². The molecule has 1 N–H and O–H groups in total. The highest BCUT2D eigenvalue weighted by Crippen LogP contribution is 2.28. The summed E-state index contributed by atoms with van der Waals surface area (Å²) in [6.45, 7) is 6.44. The molecule has 1 nitrogen and oxygen atoms in total. The number of phenolic OH excluding ortho intramolecular Hbond substituents is 1. The van der Waals surface area contributed by atoms with Gasteiger partial charge in [-0.3, -0.25) is 0 Å². The molecule has 0 aliphatic rings. The Labute approximate surface area is 86.8 Å². The summed E-state index contributed by atoms with van der Waals surface area (Å²) in [4.78, 5) is 0. The lowest BCUT2D eigenvalue weighted by Gasteiger charge is -2.15. The third kappa shape index (κ3) is 2.76. The van der Waals surface area contributed by atoms with Crippen molar-refractivity contribution in [2.24, 2.45) is 0 Å². The van der Waals surface area contributed by atoms with Crippen LogP contribution in [0.2, 0.25) is 0 Å². The highest BCUT2D eigenvalue weighted by atomic mass is 16.3. The Morgan fingerprint density at radius 1 is 1.21 bits per heavy atom. The second-order valence-corrected chi connectivity index (χ2v) is 4.00. The van der Waals surface area contributed by atoms with Crippen LogP contribution >= 0.6 is 0 Å². The number of benzene rings is 1. The minimum Gasteiger partial charge on any atom is -0.508 e. The number of rotatable bonds is 4. The summed E-state index contributed by atoms with van der Waals surface area (Å²) in [6, 6.07) is 5.89. The predicted molar refractivity (Wildman–Crippen MR) is 60.8 cm³/mol. The van der Waals surface area contributed by atoms with Gasteiger partial charge in [0.05, 0.1) is 0 Å². The molecule has 0 aromatic heterocycles. The zero-order chi connectivity index (χ0) is 10.6. The molecule has 0 bridgehead atoms. The van der Waals surface area contributed by atoms with Gasteiger partial charge in [-0.1, -0.05) is 26.3 Å². The first-order valence-corrected chi connectivity index (χ1v) is 5.48. The van der Waals surface area contributed by atoms with Gasteiger partial charge in [0.25, 0.3) is 0 Å². The van der Waals surface area contributed by atoms with Crippen LogP contribution in [0.15, 0.2) is 18.2 Å². The molecule has 1 aromatic carbocycles. The van der Waals surface area contributed by atoms with E-state index in [9.17, 15) is 5.11 Å². The van der Waals surface area contributed by atoms with E-state index in [1.165, 1.54) is 18.4 Å². The number of hydrogen-bond acceptors (Lipinski definition) is 1. The Bertz CT molecular complexity index is 271. The quantitative estimate of drug-likeness (QED) is 0.764. The van der Waals surface area contributed by atoms with Gasteiger partial charge in [0, 0.05) is 0 Å². The summed E-state index contributed by atoms with van der Waals surface area (Å²) in [7, 11) is 0. The molecule has 0 aliphatic carbocycles. The van der Waals surface area contributed by atoms with Crippen LogP contribution in [-0.4, -0.2) is 5.11 Å². The summed E-state index contributed by atoms with van der Waals surface area (Å²) in [5.74, 6) is 1.00. The predicted octanol–water partition coefficient (Wildman–Crippen LogP) is 3.99. The molecule has 0 saturated carbocycles. The van der Waals surface area contributed by atoms with Gasteiger partial charge in [-0.15, -0.1) is 0 Å². The first-order chi connectivity index (χ1) is 6.67. The summed E-state index contributed by atoms with van der Waals surface area (Å²) in [6.07, 6.45) is 3.56. The van der Waals surface area contributed by atoms with Gasteiger partial charge in [-0.25, -0.2) is 0 Å². The van der Waals surface area contributed by atoms with Crippen LogP contribution in [0.5, 0.6) is 5.75 Å². The van der Waals surface area contributed by atoms with Gasteiger partial charge in [0.1, 0.15) is 5.75 Å². The summed E-state index contributed by atoms with van der Waals surface area (Å²) in [5.41, 5.74) is 2.43. The second-order valence-electron chi connectivity index (χ2n) is 4.00. The molecule has 0 saturated heterocycles. The molecule has 0 aliphatic heterocycles. The molecule has 1 atom stereocenters. The largest absolute Gasteiger partial charge is 0.508 e.